The Balaban J connectivity index is 0.00000169. The Kier molecular flexibility index (Phi) is 5.23. The molecule has 0 saturated carbocycles. The average Bonchev–Trinajstić information content (AvgIpc) is 2.08. The number of aliphatic carboxylic acids is 1. The first kappa shape index (κ1) is 13.5. The fraction of sp³-hybridized carbons (Fsp3) is 0.125. The van der Waals surface area contributed by atoms with Gasteiger partial charge in [-0.05, 0) is 18.2 Å². The lowest BCUT2D eigenvalue weighted by atomic mass is 10.1. The molecule has 0 spiro atoms. The molecule has 0 bridgehead atoms. The van der Waals surface area contributed by atoms with Crippen molar-refractivity contribution in [2.75, 3.05) is 0 Å². The molecule has 0 heterocycles. The standard InChI is InChI=1S/C8H7Cl2NO2.ClH/c9-4-1-2-6(10)5(3-4)7(11)8(12)13;/h1-3,7H,11H2,(H,12,13);1H/t7-;/m0./s1. The van der Waals surface area contributed by atoms with Crippen molar-refractivity contribution in [1.29, 1.82) is 0 Å². The molecule has 0 saturated heterocycles. The van der Waals surface area contributed by atoms with E-state index in [2.05, 4.69) is 0 Å². The fourth-order valence-electron chi connectivity index (χ4n) is 0.886. The molecule has 3 nitrogen and oxygen atoms in total. The van der Waals surface area contributed by atoms with E-state index in [0.29, 0.717) is 15.6 Å². The number of halogens is 3. The average molecular weight is 257 g/mol. The molecule has 0 fully saturated rings. The van der Waals surface area contributed by atoms with Crippen LogP contribution in [0.2, 0.25) is 10.0 Å². The molecule has 0 aliphatic heterocycles. The van der Waals surface area contributed by atoms with Gasteiger partial charge in [-0.3, -0.25) is 4.79 Å². The summed E-state index contributed by atoms with van der Waals surface area (Å²) in [6, 6.07) is 3.40. The van der Waals surface area contributed by atoms with Gasteiger partial charge in [-0.1, -0.05) is 23.2 Å². The maximum absolute atomic E-state index is 10.5. The second-order valence-electron chi connectivity index (χ2n) is 2.48. The van der Waals surface area contributed by atoms with Crippen molar-refractivity contribution < 1.29 is 9.90 Å². The smallest absolute Gasteiger partial charge is 0.325 e. The third kappa shape index (κ3) is 3.03. The molecule has 14 heavy (non-hydrogen) atoms. The molecule has 78 valence electrons. The maximum atomic E-state index is 10.5. The van der Waals surface area contributed by atoms with Crippen LogP contribution < -0.4 is 5.73 Å². The van der Waals surface area contributed by atoms with Crippen molar-refractivity contribution in [3.05, 3.63) is 33.8 Å². The molecule has 3 N–H and O–H groups in total. The molecule has 1 aromatic rings. The predicted octanol–water partition coefficient (Wildman–Crippen LogP) is 2.50. The predicted molar refractivity (Wildman–Crippen MR) is 58.3 cm³/mol. The summed E-state index contributed by atoms with van der Waals surface area (Å²) in [4.78, 5) is 10.5. The van der Waals surface area contributed by atoms with Crippen LogP contribution in [0, 0.1) is 0 Å². The lowest BCUT2D eigenvalue weighted by Crippen LogP contribution is -2.20. The third-order valence-corrected chi connectivity index (χ3v) is 2.14. The molecule has 1 rings (SSSR count). The van der Waals surface area contributed by atoms with Crippen LogP contribution in [0.1, 0.15) is 11.6 Å². The number of rotatable bonds is 2. The maximum Gasteiger partial charge on any atom is 0.325 e. The summed E-state index contributed by atoms with van der Waals surface area (Å²) in [5.41, 5.74) is 5.69. The van der Waals surface area contributed by atoms with E-state index in [4.69, 9.17) is 34.0 Å². The molecular formula is C8H8Cl3NO2. The van der Waals surface area contributed by atoms with Gasteiger partial charge in [0.15, 0.2) is 0 Å². The minimum absolute atomic E-state index is 0. The van der Waals surface area contributed by atoms with Crippen LogP contribution in [0.25, 0.3) is 0 Å². The highest BCUT2D eigenvalue weighted by Crippen LogP contribution is 2.25. The van der Waals surface area contributed by atoms with Crippen LogP contribution >= 0.6 is 35.6 Å². The molecule has 0 unspecified atom stereocenters. The molecule has 1 atom stereocenters. The van der Waals surface area contributed by atoms with E-state index in [1.807, 2.05) is 0 Å². The van der Waals surface area contributed by atoms with E-state index in [1.54, 1.807) is 6.07 Å². The lowest BCUT2D eigenvalue weighted by molar-refractivity contribution is -0.138. The summed E-state index contributed by atoms with van der Waals surface area (Å²) in [7, 11) is 0. The van der Waals surface area contributed by atoms with Gasteiger partial charge in [0.05, 0.1) is 0 Å². The number of carboxylic acids is 1. The summed E-state index contributed by atoms with van der Waals surface area (Å²) in [5, 5.41) is 9.34. The highest BCUT2D eigenvalue weighted by atomic mass is 35.5. The van der Waals surface area contributed by atoms with Gasteiger partial charge in [0.2, 0.25) is 0 Å². The number of hydrogen-bond acceptors (Lipinski definition) is 2. The normalized spacial score (nSPS) is 11.6. The molecule has 0 aliphatic rings. The Labute approximate surface area is 97.2 Å². The van der Waals surface area contributed by atoms with Gasteiger partial charge in [-0.15, -0.1) is 12.4 Å². The van der Waals surface area contributed by atoms with Crippen LogP contribution in [-0.4, -0.2) is 11.1 Å². The minimum Gasteiger partial charge on any atom is -0.480 e. The quantitative estimate of drug-likeness (QED) is 0.854. The molecule has 0 aromatic heterocycles. The van der Waals surface area contributed by atoms with E-state index < -0.39 is 12.0 Å². The van der Waals surface area contributed by atoms with E-state index >= 15 is 0 Å². The van der Waals surface area contributed by atoms with Crippen LogP contribution in [0.3, 0.4) is 0 Å². The topological polar surface area (TPSA) is 63.3 Å². The summed E-state index contributed by atoms with van der Waals surface area (Å²) in [6.07, 6.45) is 0. The fourth-order valence-corrected chi connectivity index (χ4v) is 1.30. The lowest BCUT2D eigenvalue weighted by Gasteiger charge is -2.08. The number of hydrogen-bond donors (Lipinski definition) is 2. The zero-order chi connectivity index (χ0) is 10.0. The van der Waals surface area contributed by atoms with Crippen molar-refractivity contribution in [3.63, 3.8) is 0 Å². The zero-order valence-electron chi connectivity index (χ0n) is 6.91. The number of nitrogens with two attached hydrogens (primary N) is 1. The molecular weight excluding hydrogens is 248 g/mol. The van der Waals surface area contributed by atoms with Gasteiger partial charge in [0.1, 0.15) is 6.04 Å². The van der Waals surface area contributed by atoms with E-state index in [0.717, 1.165) is 0 Å². The van der Waals surface area contributed by atoms with Crippen LogP contribution in [0.15, 0.2) is 18.2 Å². The summed E-state index contributed by atoms with van der Waals surface area (Å²) < 4.78 is 0. The van der Waals surface area contributed by atoms with Crippen LogP contribution in [-0.2, 0) is 4.79 Å². The zero-order valence-corrected chi connectivity index (χ0v) is 9.23. The number of carboxylic acid groups (broad SMARTS) is 1. The van der Waals surface area contributed by atoms with E-state index in [9.17, 15) is 4.79 Å². The number of benzene rings is 1. The summed E-state index contributed by atoms with van der Waals surface area (Å²) >= 11 is 11.4. The van der Waals surface area contributed by atoms with Gasteiger partial charge in [-0.2, -0.15) is 0 Å². The molecule has 6 heteroatoms. The number of carbonyl (C=O) groups is 1. The first-order chi connectivity index (χ1) is 6.02. The first-order valence-electron chi connectivity index (χ1n) is 3.45. The van der Waals surface area contributed by atoms with Crippen LogP contribution in [0.5, 0.6) is 0 Å². The van der Waals surface area contributed by atoms with Crippen molar-refractivity contribution in [3.8, 4) is 0 Å². The van der Waals surface area contributed by atoms with E-state index in [-0.39, 0.29) is 12.4 Å². The monoisotopic (exact) mass is 255 g/mol. The second-order valence-corrected chi connectivity index (χ2v) is 3.33. The highest BCUT2D eigenvalue weighted by molar-refractivity contribution is 6.33. The van der Waals surface area contributed by atoms with Gasteiger partial charge in [0, 0.05) is 15.6 Å². The molecule has 0 aliphatic carbocycles. The van der Waals surface area contributed by atoms with Gasteiger partial charge >= 0.3 is 5.97 Å². The first-order valence-corrected chi connectivity index (χ1v) is 4.21. The highest BCUT2D eigenvalue weighted by Gasteiger charge is 2.17. The van der Waals surface area contributed by atoms with E-state index in [1.165, 1.54) is 12.1 Å². The SMILES string of the molecule is Cl.N[C@H](C(=O)O)c1cc(Cl)ccc1Cl. The molecule has 0 radical (unpaired) electrons. The Bertz CT molecular complexity index is 343. The summed E-state index contributed by atoms with van der Waals surface area (Å²) in [5.74, 6) is -1.14. The van der Waals surface area contributed by atoms with Crippen LogP contribution in [0.4, 0.5) is 0 Å². The van der Waals surface area contributed by atoms with Crippen molar-refractivity contribution in [2.24, 2.45) is 5.73 Å². The Morgan fingerprint density at radius 3 is 2.50 bits per heavy atom. The van der Waals surface area contributed by atoms with Gasteiger partial charge in [0.25, 0.3) is 0 Å². The molecule has 1 aromatic carbocycles. The van der Waals surface area contributed by atoms with Crippen molar-refractivity contribution in [1.82, 2.24) is 0 Å². The molecule has 0 amide bonds. The van der Waals surface area contributed by atoms with Gasteiger partial charge < -0.3 is 10.8 Å². The Morgan fingerprint density at radius 2 is 2.00 bits per heavy atom. The van der Waals surface area contributed by atoms with Crippen molar-refractivity contribution in [2.45, 2.75) is 6.04 Å². The minimum atomic E-state index is -1.14. The second kappa shape index (κ2) is 5.41. The van der Waals surface area contributed by atoms with Crippen molar-refractivity contribution >= 4 is 41.6 Å². The summed E-state index contributed by atoms with van der Waals surface area (Å²) in [6.45, 7) is 0. The third-order valence-electron chi connectivity index (χ3n) is 1.56. The Morgan fingerprint density at radius 1 is 1.43 bits per heavy atom. The largest absolute Gasteiger partial charge is 0.480 e. The Hall–Kier alpha value is -0.480. The van der Waals surface area contributed by atoms with Gasteiger partial charge in [-0.25, -0.2) is 0 Å².